The molecule has 2 aliphatic rings. The number of aromatic nitrogens is 2. The van der Waals surface area contributed by atoms with Crippen LogP contribution in [-0.2, 0) is 23.3 Å². The zero-order valence-corrected chi connectivity index (χ0v) is 16.8. The standard InChI is InChI=1S/C20H25N3O4S/c1-13-9-15(24)17(26)18(27-13)20(5-3-2-4-6-20)10-16(25)21-11-14-12-23-7-8-28-19(23)22-14/h9,12,26H,2-8,10-11H2,1H3,(H,21,25). The van der Waals surface area contributed by atoms with E-state index in [4.69, 9.17) is 4.42 Å². The van der Waals surface area contributed by atoms with Crippen LogP contribution in [0.4, 0.5) is 0 Å². The number of hydrogen-bond acceptors (Lipinski definition) is 6. The molecule has 2 aromatic rings. The molecule has 4 rings (SSSR count). The number of hydrogen-bond donors (Lipinski definition) is 2. The molecule has 0 spiro atoms. The van der Waals surface area contributed by atoms with Crippen LogP contribution in [0.2, 0.25) is 0 Å². The SMILES string of the molecule is Cc1cc(=O)c(O)c(C2(CC(=O)NCc3cn4c(n3)SCC4)CCCCC2)o1. The number of amides is 1. The lowest BCUT2D eigenvalue weighted by Gasteiger charge is -2.36. The Balaban J connectivity index is 1.51. The van der Waals surface area contributed by atoms with Gasteiger partial charge >= 0.3 is 0 Å². The van der Waals surface area contributed by atoms with Crippen molar-refractivity contribution in [3.63, 3.8) is 0 Å². The van der Waals surface area contributed by atoms with Gasteiger partial charge in [0.1, 0.15) is 5.76 Å². The zero-order chi connectivity index (χ0) is 19.7. The van der Waals surface area contributed by atoms with Crippen molar-refractivity contribution in [2.45, 2.75) is 69.1 Å². The normalized spacial score (nSPS) is 18.0. The molecule has 3 heterocycles. The molecule has 150 valence electrons. The molecule has 2 aromatic heterocycles. The Morgan fingerprint density at radius 3 is 2.93 bits per heavy atom. The predicted octanol–water partition coefficient (Wildman–Crippen LogP) is 2.86. The molecule has 1 saturated carbocycles. The van der Waals surface area contributed by atoms with Crippen molar-refractivity contribution in [2.75, 3.05) is 5.75 Å². The number of thioether (sulfide) groups is 1. The van der Waals surface area contributed by atoms with Crippen LogP contribution in [0.5, 0.6) is 5.75 Å². The number of imidazole rings is 1. The quantitative estimate of drug-likeness (QED) is 0.797. The van der Waals surface area contributed by atoms with E-state index in [9.17, 15) is 14.7 Å². The van der Waals surface area contributed by atoms with E-state index in [1.54, 1.807) is 18.7 Å². The molecular weight excluding hydrogens is 378 g/mol. The van der Waals surface area contributed by atoms with E-state index >= 15 is 0 Å². The number of carbonyl (C=O) groups is 1. The summed E-state index contributed by atoms with van der Waals surface area (Å²) < 4.78 is 7.89. The molecule has 8 heteroatoms. The summed E-state index contributed by atoms with van der Waals surface area (Å²) in [5, 5.41) is 14.3. The average Bonchev–Trinajstić information content (AvgIpc) is 3.25. The number of rotatable bonds is 5. The summed E-state index contributed by atoms with van der Waals surface area (Å²) in [6.07, 6.45) is 6.57. The van der Waals surface area contributed by atoms with Crippen LogP contribution in [0, 0.1) is 6.92 Å². The number of fused-ring (bicyclic) bond motifs is 1. The number of nitrogens with one attached hydrogen (secondary N) is 1. The highest BCUT2D eigenvalue weighted by molar-refractivity contribution is 7.99. The fourth-order valence-electron chi connectivity index (χ4n) is 4.28. The highest BCUT2D eigenvalue weighted by Crippen LogP contribution is 2.44. The molecule has 0 bridgehead atoms. The van der Waals surface area contributed by atoms with Crippen molar-refractivity contribution < 1.29 is 14.3 Å². The first-order valence-electron chi connectivity index (χ1n) is 9.77. The lowest BCUT2D eigenvalue weighted by atomic mass is 9.69. The van der Waals surface area contributed by atoms with Gasteiger partial charge in [0.2, 0.25) is 17.1 Å². The van der Waals surface area contributed by atoms with Crippen molar-refractivity contribution in [3.05, 3.63) is 39.7 Å². The van der Waals surface area contributed by atoms with Crippen molar-refractivity contribution >= 4 is 17.7 Å². The first-order chi connectivity index (χ1) is 13.5. The van der Waals surface area contributed by atoms with E-state index in [0.717, 1.165) is 55.3 Å². The van der Waals surface area contributed by atoms with E-state index in [1.807, 2.05) is 6.20 Å². The van der Waals surface area contributed by atoms with Gasteiger partial charge in [-0.1, -0.05) is 31.0 Å². The Morgan fingerprint density at radius 2 is 2.18 bits per heavy atom. The lowest BCUT2D eigenvalue weighted by molar-refractivity contribution is -0.123. The minimum absolute atomic E-state index is 0.119. The van der Waals surface area contributed by atoms with Gasteiger partial charge in [0.25, 0.3) is 0 Å². The Kier molecular flexibility index (Phi) is 5.23. The molecule has 0 aromatic carbocycles. The Labute approximate surface area is 167 Å². The minimum Gasteiger partial charge on any atom is -0.502 e. The van der Waals surface area contributed by atoms with Gasteiger partial charge < -0.3 is 19.4 Å². The highest BCUT2D eigenvalue weighted by Gasteiger charge is 2.41. The first-order valence-corrected chi connectivity index (χ1v) is 10.8. The summed E-state index contributed by atoms with van der Waals surface area (Å²) in [5.41, 5.74) is -0.240. The summed E-state index contributed by atoms with van der Waals surface area (Å²) in [7, 11) is 0. The van der Waals surface area contributed by atoms with Gasteiger partial charge in [-0.3, -0.25) is 9.59 Å². The smallest absolute Gasteiger partial charge is 0.227 e. The maximum Gasteiger partial charge on any atom is 0.227 e. The van der Waals surface area contributed by atoms with Crippen LogP contribution in [0.15, 0.2) is 26.6 Å². The summed E-state index contributed by atoms with van der Waals surface area (Å²) >= 11 is 1.72. The van der Waals surface area contributed by atoms with Crippen LogP contribution in [0.3, 0.4) is 0 Å². The third kappa shape index (κ3) is 3.70. The molecule has 0 saturated heterocycles. The maximum absolute atomic E-state index is 12.8. The Morgan fingerprint density at radius 1 is 1.39 bits per heavy atom. The Hall–Kier alpha value is -2.22. The largest absolute Gasteiger partial charge is 0.502 e. The van der Waals surface area contributed by atoms with E-state index in [1.165, 1.54) is 6.07 Å². The summed E-state index contributed by atoms with van der Waals surface area (Å²) in [4.78, 5) is 29.4. The van der Waals surface area contributed by atoms with Gasteiger partial charge in [0.15, 0.2) is 10.9 Å². The number of carbonyl (C=O) groups excluding carboxylic acids is 1. The molecule has 1 amide bonds. The second kappa shape index (κ2) is 7.66. The van der Waals surface area contributed by atoms with Gasteiger partial charge in [-0.2, -0.15) is 0 Å². The fraction of sp³-hybridized carbons (Fsp3) is 0.550. The summed E-state index contributed by atoms with van der Waals surface area (Å²) in [5.74, 6) is 1.29. The van der Waals surface area contributed by atoms with Crippen molar-refractivity contribution in [2.24, 2.45) is 0 Å². The molecule has 0 radical (unpaired) electrons. The van der Waals surface area contributed by atoms with E-state index in [2.05, 4.69) is 14.9 Å². The fourth-order valence-corrected chi connectivity index (χ4v) is 5.24. The van der Waals surface area contributed by atoms with Gasteiger partial charge in [0, 0.05) is 36.4 Å². The second-order valence-electron chi connectivity index (χ2n) is 7.75. The van der Waals surface area contributed by atoms with Crippen LogP contribution in [0.1, 0.15) is 55.7 Å². The van der Waals surface area contributed by atoms with Crippen LogP contribution in [0.25, 0.3) is 0 Å². The van der Waals surface area contributed by atoms with E-state index in [-0.39, 0.29) is 23.8 Å². The van der Waals surface area contributed by atoms with Gasteiger partial charge in [-0.05, 0) is 19.8 Å². The van der Waals surface area contributed by atoms with Crippen molar-refractivity contribution in [1.29, 1.82) is 0 Å². The topological polar surface area (TPSA) is 97.4 Å². The summed E-state index contributed by atoms with van der Waals surface area (Å²) in [6, 6.07) is 1.28. The molecule has 1 aliphatic carbocycles. The van der Waals surface area contributed by atoms with E-state index < -0.39 is 10.8 Å². The molecule has 1 fully saturated rings. The molecule has 7 nitrogen and oxygen atoms in total. The summed E-state index contributed by atoms with van der Waals surface area (Å²) in [6.45, 7) is 3.02. The maximum atomic E-state index is 12.8. The lowest BCUT2D eigenvalue weighted by Crippen LogP contribution is -2.37. The third-order valence-electron chi connectivity index (χ3n) is 5.66. The monoisotopic (exact) mass is 403 g/mol. The third-order valence-corrected chi connectivity index (χ3v) is 6.63. The average molecular weight is 404 g/mol. The molecule has 28 heavy (non-hydrogen) atoms. The first kappa shape index (κ1) is 19.1. The van der Waals surface area contributed by atoms with Crippen LogP contribution < -0.4 is 10.7 Å². The van der Waals surface area contributed by atoms with E-state index in [0.29, 0.717) is 12.3 Å². The highest BCUT2D eigenvalue weighted by atomic mass is 32.2. The Bertz CT molecular complexity index is 922. The molecule has 1 aliphatic heterocycles. The van der Waals surface area contributed by atoms with Crippen LogP contribution in [-0.4, -0.2) is 26.3 Å². The predicted molar refractivity (Wildman–Crippen MR) is 106 cm³/mol. The van der Waals surface area contributed by atoms with Gasteiger partial charge in [-0.15, -0.1) is 0 Å². The van der Waals surface area contributed by atoms with Gasteiger partial charge in [-0.25, -0.2) is 4.98 Å². The molecule has 0 unspecified atom stereocenters. The van der Waals surface area contributed by atoms with Gasteiger partial charge in [0.05, 0.1) is 12.2 Å². The van der Waals surface area contributed by atoms with Crippen molar-refractivity contribution in [1.82, 2.24) is 14.9 Å². The minimum atomic E-state index is -0.636. The zero-order valence-electron chi connectivity index (χ0n) is 16.0. The molecule has 0 atom stereocenters. The van der Waals surface area contributed by atoms with Crippen LogP contribution >= 0.6 is 11.8 Å². The number of nitrogens with zero attached hydrogens (tertiary/aromatic N) is 2. The number of aromatic hydroxyl groups is 1. The second-order valence-corrected chi connectivity index (χ2v) is 8.81. The molecule has 2 N–H and O–H groups in total. The van der Waals surface area contributed by atoms with Crippen molar-refractivity contribution in [3.8, 4) is 5.75 Å². The molecular formula is C20H25N3O4S. The number of aryl methyl sites for hydroxylation is 2.